The molecule has 1 aromatic rings. The molecule has 0 saturated carbocycles. The largest absolute Gasteiger partial charge is 0.332 e. The first-order valence-corrected chi connectivity index (χ1v) is 8.83. The van der Waals surface area contributed by atoms with Crippen LogP contribution in [0.3, 0.4) is 0 Å². The summed E-state index contributed by atoms with van der Waals surface area (Å²) in [4.78, 5) is -0.662. The maximum absolute atomic E-state index is 12.7. The van der Waals surface area contributed by atoms with Gasteiger partial charge in [0.2, 0.25) is 10.0 Å². The first-order chi connectivity index (χ1) is 8.92. The lowest BCUT2D eigenvalue weighted by Crippen LogP contribution is -2.27. The van der Waals surface area contributed by atoms with E-state index < -0.39 is 25.1 Å². The van der Waals surface area contributed by atoms with E-state index in [0.29, 0.717) is 6.42 Å². The Labute approximate surface area is 119 Å². The standard InChI is InChI=1S/C12H18FNO4S2/c1-12(2,3)8-9-14-20(17,18)11-6-4-10(5-7-11)19(13,15)16/h4-7,14H,8-9H2,1-3H3. The summed E-state index contributed by atoms with van der Waals surface area (Å²) in [6.45, 7) is 6.24. The van der Waals surface area contributed by atoms with Crippen LogP contribution in [0.4, 0.5) is 3.89 Å². The van der Waals surface area contributed by atoms with Crippen LogP contribution in [0.25, 0.3) is 0 Å². The molecule has 20 heavy (non-hydrogen) atoms. The van der Waals surface area contributed by atoms with Crippen LogP contribution in [-0.2, 0) is 20.2 Å². The molecule has 0 heterocycles. The van der Waals surface area contributed by atoms with Crippen molar-refractivity contribution in [3.8, 4) is 0 Å². The minimum absolute atomic E-state index is 0.00527. The summed E-state index contributed by atoms with van der Waals surface area (Å²) in [6.07, 6.45) is 0.656. The zero-order chi connectivity index (χ0) is 15.6. The molecule has 0 fully saturated rings. The van der Waals surface area contributed by atoms with Gasteiger partial charge in [0.25, 0.3) is 0 Å². The molecule has 1 aromatic carbocycles. The Morgan fingerprint density at radius 1 is 1.00 bits per heavy atom. The van der Waals surface area contributed by atoms with E-state index in [1.165, 1.54) is 0 Å². The number of benzene rings is 1. The van der Waals surface area contributed by atoms with Crippen molar-refractivity contribution in [3.63, 3.8) is 0 Å². The summed E-state index contributed by atoms with van der Waals surface area (Å²) < 4.78 is 60.2. The molecule has 0 bridgehead atoms. The van der Waals surface area contributed by atoms with Crippen LogP contribution in [0, 0.1) is 5.41 Å². The number of nitrogens with one attached hydrogen (secondary N) is 1. The van der Waals surface area contributed by atoms with Crippen molar-refractivity contribution < 1.29 is 20.7 Å². The van der Waals surface area contributed by atoms with Gasteiger partial charge in [0, 0.05) is 6.54 Å². The van der Waals surface area contributed by atoms with Gasteiger partial charge in [-0.05, 0) is 36.1 Å². The molecule has 5 nitrogen and oxygen atoms in total. The first-order valence-electron chi connectivity index (χ1n) is 5.96. The molecule has 0 aliphatic heterocycles. The van der Waals surface area contributed by atoms with Crippen LogP contribution in [0.1, 0.15) is 27.2 Å². The summed E-state index contributed by atoms with van der Waals surface area (Å²) in [7, 11) is -8.53. The molecule has 114 valence electrons. The molecule has 0 amide bonds. The van der Waals surface area contributed by atoms with E-state index in [1.807, 2.05) is 20.8 Å². The van der Waals surface area contributed by atoms with Gasteiger partial charge in [-0.1, -0.05) is 20.8 Å². The third-order valence-corrected chi connectivity index (χ3v) is 4.89. The Morgan fingerprint density at radius 2 is 1.45 bits per heavy atom. The summed E-state index contributed by atoms with van der Waals surface area (Å²) in [5.74, 6) is 0. The fraction of sp³-hybridized carbons (Fsp3) is 0.500. The van der Waals surface area contributed by atoms with Gasteiger partial charge in [0.1, 0.15) is 0 Å². The number of sulfonamides is 1. The zero-order valence-corrected chi connectivity index (χ0v) is 13.2. The summed E-state index contributed by atoms with van der Waals surface area (Å²) in [5, 5.41) is 0. The van der Waals surface area contributed by atoms with Crippen molar-refractivity contribution in [1.82, 2.24) is 4.72 Å². The van der Waals surface area contributed by atoms with Crippen LogP contribution in [0.2, 0.25) is 0 Å². The minimum atomic E-state index is -4.82. The zero-order valence-electron chi connectivity index (χ0n) is 11.6. The maximum Gasteiger partial charge on any atom is 0.332 e. The van der Waals surface area contributed by atoms with Gasteiger partial charge < -0.3 is 0 Å². The molecular formula is C12H18FNO4S2. The molecule has 0 aliphatic carbocycles. The number of hydrogen-bond donors (Lipinski definition) is 1. The second kappa shape index (κ2) is 5.79. The SMILES string of the molecule is CC(C)(C)CCNS(=O)(=O)c1ccc(S(=O)(=O)F)cc1. The third-order valence-electron chi connectivity index (χ3n) is 2.58. The maximum atomic E-state index is 12.7. The molecule has 0 aliphatic rings. The summed E-state index contributed by atoms with van der Waals surface area (Å²) in [5.41, 5.74) is -0.00527. The van der Waals surface area contributed by atoms with E-state index in [4.69, 9.17) is 0 Å². The van der Waals surface area contributed by atoms with Crippen LogP contribution >= 0.6 is 0 Å². The van der Waals surface area contributed by atoms with Gasteiger partial charge in [-0.25, -0.2) is 13.1 Å². The Bertz CT molecular complexity index is 658. The average molecular weight is 323 g/mol. The van der Waals surface area contributed by atoms with Gasteiger partial charge >= 0.3 is 10.2 Å². The highest BCUT2D eigenvalue weighted by molar-refractivity contribution is 7.89. The Morgan fingerprint density at radius 3 is 1.85 bits per heavy atom. The highest BCUT2D eigenvalue weighted by atomic mass is 32.3. The number of hydrogen-bond acceptors (Lipinski definition) is 4. The number of halogens is 1. The second-order valence-corrected chi connectivity index (χ2v) is 8.73. The van der Waals surface area contributed by atoms with Crippen molar-refractivity contribution in [2.24, 2.45) is 5.41 Å². The quantitative estimate of drug-likeness (QED) is 0.841. The van der Waals surface area contributed by atoms with E-state index in [-0.39, 0.29) is 16.9 Å². The lowest BCUT2D eigenvalue weighted by Gasteiger charge is -2.18. The van der Waals surface area contributed by atoms with Crippen LogP contribution in [-0.4, -0.2) is 23.4 Å². The molecule has 0 aromatic heterocycles. The van der Waals surface area contributed by atoms with Gasteiger partial charge in [0.05, 0.1) is 9.79 Å². The monoisotopic (exact) mass is 323 g/mol. The van der Waals surface area contributed by atoms with Crippen molar-refractivity contribution in [1.29, 1.82) is 0 Å². The molecule has 8 heteroatoms. The van der Waals surface area contributed by atoms with E-state index >= 15 is 0 Å². The summed E-state index contributed by atoms with van der Waals surface area (Å²) in [6, 6.07) is 3.97. The predicted octanol–water partition coefficient (Wildman–Crippen LogP) is 2.06. The van der Waals surface area contributed by atoms with Gasteiger partial charge in [-0.15, -0.1) is 3.89 Å². The highest BCUT2D eigenvalue weighted by Gasteiger charge is 2.18. The molecule has 1 rings (SSSR count). The average Bonchev–Trinajstić information content (AvgIpc) is 2.26. The van der Waals surface area contributed by atoms with Crippen LogP contribution in [0.15, 0.2) is 34.1 Å². The topological polar surface area (TPSA) is 80.3 Å². The molecule has 0 atom stereocenters. The number of rotatable bonds is 5. The molecule has 0 radical (unpaired) electrons. The Balaban J connectivity index is 2.84. The minimum Gasteiger partial charge on any atom is -0.211 e. The van der Waals surface area contributed by atoms with Crippen molar-refractivity contribution in [3.05, 3.63) is 24.3 Å². The van der Waals surface area contributed by atoms with E-state index in [0.717, 1.165) is 24.3 Å². The lowest BCUT2D eigenvalue weighted by atomic mass is 9.93. The molecule has 1 N–H and O–H groups in total. The Kier molecular flexibility index (Phi) is 4.94. The third kappa shape index (κ3) is 5.18. The molecule has 0 saturated heterocycles. The van der Waals surface area contributed by atoms with E-state index in [2.05, 4.69) is 4.72 Å². The molecule has 0 unspecified atom stereocenters. The van der Waals surface area contributed by atoms with E-state index in [9.17, 15) is 20.7 Å². The van der Waals surface area contributed by atoms with Crippen molar-refractivity contribution in [2.45, 2.75) is 37.0 Å². The summed E-state index contributed by atoms with van der Waals surface area (Å²) >= 11 is 0. The fourth-order valence-corrected chi connectivity index (χ4v) is 2.92. The molecular weight excluding hydrogens is 305 g/mol. The lowest BCUT2D eigenvalue weighted by molar-refractivity contribution is 0.378. The first kappa shape index (κ1) is 17.1. The second-order valence-electron chi connectivity index (χ2n) is 5.62. The van der Waals surface area contributed by atoms with Crippen LogP contribution < -0.4 is 4.72 Å². The van der Waals surface area contributed by atoms with Crippen molar-refractivity contribution >= 4 is 20.2 Å². The molecule has 0 spiro atoms. The van der Waals surface area contributed by atoms with Crippen molar-refractivity contribution in [2.75, 3.05) is 6.54 Å². The smallest absolute Gasteiger partial charge is 0.211 e. The van der Waals surface area contributed by atoms with Gasteiger partial charge in [-0.2, -0.15) is 8.42 Å². The predicted molar refractivity (Wildman–Crippen MR) is 74.0 cm³/mol. The Hall–Kier alpha value is -0.990. The van der Waals surface area contributed by atoms with Crippen LogP contribution in [0.5, 0.6) is 0 Å². The van der Waals surface area contributed by atoms with Gasteiger partial charge in [-0.3, -0.25) is 0 Å². The van der Waals surface area contributed by atoms with Gasteiger partial charge in [0.15, 0.2) is 0 Å². The highest BCUT2D eigenvalue weighted by Crippen LogP contribution is 2.19. The van der Waals surface area contributed by atoms with E-state index in [1.54, 1.807) is 0 Å². The normalized spacial score (nSPS) is 13.4. The fourth-order valence-electron chi connectivity index (χ4n) is 1.43.